The molecule has 9 heteroatoms. The summed E-state index contributed by atoms with van der Waals surface area (Å²) in [5, 5.41) is 38.6. The average Bonchev–Trinajstić information content (AvgIpc) is 2.62. The molecule has 0 unspecified atom stereocenters. The van der Waals surface area contributed by atoms with Crippen molar-refractivity contribution >= 4 is 10.2 Å². The predicted molar refractivity (Wildman–Crippen MR) is 96.7 cm³/mol. The van der Waals surface area contributed by atoms with Gasteiger partial charge in [-0.2, -0.15) is 17.0 Å². The van der Waals surface area contributed by atoms with Gasteiger partial charge in [-0.25, -0.2) is 0 Å². The molecule has 2 aromatic rings. The molecule has 0 saturated heterocycles. The molecule has 0 bridgehead atoms. The summed E-state index contributed by atoms with van der Waals surface area (Å²) in [6.07, 6.45) is 0.892. The summed E-state index contributed by atoms with van der Waals surface area (Å²) in [6, 6.07) is 5.75. The van der Waals surface area contributed by atoms with E-state index in [0.717, 1.165) is 11.1 Å². The van der Waals surface area contributed by atoms with E-state index in [0.29, 0.717) is 24.0 Å². The maximum Gasteiger partial charge on any atom is 0.282 e. The van der Waals surface area contributed by atoms with E-state index in [-0.39, 0.29) is 49.2 Å². The minimum absolute atomic E-state index is 0.121. The molecule has 144 valence electrons. The van der Waals surface area contributed by atoms with Gasteiger partial charge in [-0.15, -0.1) is 0 Å². The lowest BCUT2D eigenvalue weighted by Crippen LogP contribution is -2.47. The average molecular weight is 392 g/mol. The van der Waals surface area contributed by atoms with Crippen LogP contribution in [0.3, 0.4) is 0 Å². The molecule has 27 heavy (non-hydrogen) atoms. The monoisotopic (exact) mass is 392 g/mol. The molecule has 0 spiro atoms. The first-order valence-corrected chi connectivity index (χ1v) is 9.98. The SMILES string of the molecule is O=S(=O)(N1CCc2cc(O)c(O)cc2C1)N1CCc2cc(O)c(O)cc2C1. The first kappa shape index (κ1) is 17.9. The molecule has 0 radical (unpaired) electrons. The predicted octanol–water partition coefficient (Wildman–Crippen LogP) is 1.17. The lowest BCUT2D eigenvalue weighted by atomic mass is 10.0. The third-order valence-corrected chi connectivity index (χ3v) is 7.13. The van der Waals surface area contributed by atoms with Crippen molar-refractivity contribution in [1.82, 2.24) is 8.61 Å². The minimum Gasteiger partial charge on any atom is -0.504 e. The van der Waals surface area contributed by atoms with Crippen LogP contribution in [0.15, 0.2) is 24.3 Å². The third-order valence-electron chi connectivity index (χ3n) is 5.20. The molecule has 0 amide bonds. The van der Waals surface area contributed by atoms with E-state index >= 15 is 0 Å². The number of phenols is 4. The zero-order valence-corrected chi connectivity index (χ0v) is 15.3. The van der Waals surface area contributed by atoms with Gasteiger partial charge in [0.2, 0.25) is 0 Å². The van der Waals surface area contributed by atoms with Gasteiger partial charge in [0.05, 0.1) is 0 Å². The first-order chi connectivity index (χ1) is 12.8. The Morgan fingerprint density at radius 3 is 1.33 bits per heavy atom. The zero-order valence-electron chi connectivity index (χ0n) is 14.5. The van der Waals surface area contributed by atoms with Crippen molar-refractivity contribution in [1.29, 1.82) is 0 Å². The molecule has 0 aliphatic carbocycles. The normalized spacial score (nSPS) is 18.1. The van der Waals surface area contributed by atoms with Crippen LogP contribution in [0.4, 0.5) is 0 Å². The summed E-state index contributed by atoms with van der Waals surface area (Å²) in [7, 11) is -3.74. The Kier molecular flexibility index (Phi) is 4.17. The van der Waals surface area contributed by atoms with Crippen molar-refractivity contribution in [2.75, 3.05) is 13.1 Å². The van der Waals surface area contributed by atoms with E-state index < -0.39 is 10.2 Å². The fourth-order valence-electron chi connectivity index (χ4n) is 3.67. The van der Waals surface area contributed by atoms with Crippen LogP contribution in [0.25, 0.3) is 0 Å². The smallest absolute Gasteiger partial charge is 0.282 e. The maximum atomic E-state index is 13.1. The minimum atomic E-state index is -3.74. The summed E-state index contributed by atoms with van der Waals surface area (Å²) >= 11 is 0. The van der Waals surface area contributed by atoms with E-state index in [1.807, 2.05) is 0 Å². The van der Waals surface area contributed by atoms with E-state index in [1.54, 1.807) is 0 Å². The van der Waals surface area contributed by atoms with Crippen molar-refractivity contribution in [2.45, 2.75) is 25.9 Å². The fraction of sp³-hybridized carbons (Fsp3) is 0.333. The number of aromatic hydroxyl groups is 4. The Bertz CT molecular complexity index is 945. The highest BCUT2D eigenvalue weighted by Crippen LogP contribution is 2.35. The van der Waals surface area contributed by atoms with Crippen LogP contribution < -0.4 is 0 Å². The van der Waals surface area contributed by atoms with Crippen molar-refractivity contribution < 1.29 is 28.8 Å². The fourth-order valence-corrected chi connectivity index (χ4v) is 5.25. The van der Waals surface area contributed by atoms with Gasteiger partial charge in [0, 0.05) is 26.2 Å². The van der Waals surface area contributed by atoms with Gasteiger partial charge in [0.15, 0.2) is 23.0 Å². The Hall–Kier alpha value is -2.49. The van der Waals surface area contributed by atoms with Crippen LogP contribution in [0, 0.1) is 0 Å². The molecule has 2 aliphatic heterocycles. The first-order valence-electron chi connectivity index (χ1n) is 8.58. The van der Waals surface area contributed by atoms with Crippen LogP contribution in [0.5, 0.6) is 23.0 Å². The Balaban J connectivity index is 1.59. The van der Waals surface area contributed by atoms with E-state index in [1.165, 1.54) is 32.9 Å². The van der Waals surface area contributed by atoms with E-state index in [9.17, 15) is 28.8 Å². The Morgan fingerprint density at radius 1 is 0.630 bits per heavy atom. The molecule has 0 atom stereocenters. The van der Waals surface area contributed by atoms with Gasteiger partial charge in [-0.3, -0.25) is 0 Å². The molecular formula is C18H20N2O6S. The largest absolute Gasteiger partial charge is 0.504 e. The Labute approximate surface area is 156 Å². The summed E-state index contributed by atoms with van der Waals surface area (Å²) in [5.41, 5.74) is 2.97. The highest BCUT2D eigenvalue weighted by molar-refractivity contribution is 7.86. The van der Waals surface area contributed by atoms with Gasteiger partial charge in [-0.05, 0) is 59.4 Å². The molecule has 4 N–H and O–H groups in total. The summed E-state index contributed by atoms with van der Waals surface area (Å²) in [4.78, 5) is 0. The van der Waals surface area contributed by atoms with Crippen molar-refractivity contribution in [3.05, 3.63) is 46.5 Å². The second kappa shape index (κ2) is 6.29. The van der Waals surface area contributed by atoms with Crippen molar-refractivity contribution in [3.63, 3.8) is 0 Å². The second-order valence-corrected chi connectivity index (χ2v) is 8.82. The standard InChI is InChI=1S/C18H20N2O6S/c21-15-5-11-1-3-19(9-13(11)7-17(15)23)27(25,26)20-4-2-12-6-16(22)18(24)8-14(12)10-20/h5-8,21-24H,1-4,9-10H2. The lowest BCUT2D eigenvalue weighted by molar-refractivity contribution is 0.311. The summed E-state index contributed by atoms with van der Waals surface area (Å²) < 4.78 is 28.9. The quantitative estimate of drug-likeness (QED) is 0.569. The molecular weight excluding hydrogens is 372 g/mol. The van der Waals surface area contributed by atoms with Gasteiger partial charge in [0.25, 0.3) is 10.2 Å². The molecule has 0 aromatic heterocycles. The Morgan fingerprint density at radius 2 is 0.963 bits per heavy atom. The van der Waals surface area contributed by atoms with Crippen molar-refractivity contribution in [2.24, 2.45) is 0 Å². The third kappa shape index (κ3) is 3.07. The van der Waals surface area contributed by atoms with Crippen LogP contribution >= 0.6 is 0 Å². The van der Waals surface area contributed by atoms with Crippen LogP contribution in [0.2, 0.25) is 0 Å². The second-order valence-electron chi connectivity index (χ2n) is 6.89. The van der Waals surface area contributed by atoms with Crippen molar-refractivity contribution in [3.8, 4) is 23.0 Å². The molecule has 8 nitrogen and oxygen atoms in total. The lowest BCUT2D eigenvalue weighted by Gasteiger charge is -2.35. The van der Waals surface area contributed by atoms with Crippen LogP contribution in [-0.4, -0.2) is 50.5 Å². The number of hydrogen-bond donors (Lipinski definition) is 4. The maximum absolute atomic E-state index is 13.1. The number of rotatable bonds is 2. The van der Waals surface area contributed by atoms with Gasteiger partial charge in [-0.1, -0.05) is 0 Å². The van der Waals surface area contributed by atoms with Gasteiger partial charge >= 0.3 is 0 Å². The van der Waals surface area contributed by atoms with Crippen LogP contribution in [0.1, 0.15) is 22.3 Å². The van der Waals surface area contributed by atoms with E-state index in [4.69, 9.17) is 0 Å². The van der Waals surface area contributed by atoms with Gasteiger partial charge < -0.3 is 20.4 Å². The van der Waals surface area contributed by atoms with E-state index in [2.05, 4.69) is 0 Å². The molecule has 0 fully saturated rings. The number of hydrogen-bond acceptors (Lipinski definition) is 6. The number of benzene rings is 2. The number of nitrogens with zero attached hydrogens (tertiary/aromatic N) is 2. The molecule has 0 saturated carbocycles. The molecule has 4 rings (SSSR count). The molecule has 2 aliphatic rings. The highest BCUT2D eigenvalue weighted by Gasteiger charge is 2.34. The zero-order chi connectivity index (χ0) is 19.3. The van der Waals surface area contributed by atoms with Crippen LogP contribution in [-0.2, 0) is 36.1 Å². The molecule has 2 aromatic carbocycles. The molecule has 2 heterocycles. The van der Waals surface area contributed by atoms with Gasteiger partial charge in [0.1, 0.15) is 0 Å². The highest BCUT2D eigenvalue weighted by atomic mass is 32.2. The summed E-state index contributed by atoms with van der Waals surface area (Å²) in [5.74, 6) is -0.952. The summed E-state index contributed by atoms with van der Waals surface area (Å²) in [6.45, 7) is 0.804. The number of phenolic OH excluding ortho intramolecular Hbond substituents is 4. The topological polar surface area (TPSA) is 122 Å². The number of fused-ring (bicyclic) bond motifs is 2.